The molecule has 0 spiro atoms. The molecule has 27 heavy (non-hydrogen) atoms. The SMILES string of the molecule is O=C(N1CCCO1)[C@@]12CCO[C@@H]1CCN(CC1CC1)C2.O=C(O)C(F)(F)F. The van der Waals surface area contributed by atoms with Gasteiger partial charge in [-0.1, -0.05) is 0 Å². The van der Waals surface area contributed by atoms with Gasteiger partial charge in [-0.3, -0.25) is 9.63 Å². The van der Waals surface area contributed by atoms with Crippen molar-refractivity contribution in [1.82, 2.24) is 9.96 Å². The number of aliphatic carboxylic acids is 1. The molecule has 0 bridgehead atoms. The lowest BCUT2D eigenvalue weighted by atomic mass is 9.75. The lowest BCUT2D eigenvalue weighted by molar-refractivity contribution is -0.192. The molecule has 3 heterocycles. The van der Waals surface area contributed by atoms with E-state index in [1.165, 1.54) is 19.4 Å². The van der Waals surface area contributed by atoms with Crippen LogP contribution < -0.4 is 0 Å². The molecule has 1 saturated carbocycles. The first-order valence-corrected chi connectivity index (χ1v) is 9.31. The van der Waals surface area contributed by atoms with E-state index < -0.39 is 12.1 Å². The Kier molecular flexibility index (Phi) is 5.97. The molecule has 7 nitrogen and oxygen atoms in total. The van der Waals surface area contributed by atoms with E-state index in [0.717, 1.165) is 51.4 Å². The second-order valence-electron chi connectivity index (χ2n) is 7.63. The number of carboxylic acids is 1. The standard InChI is InChI=1S/C15H24N2O3.C2HF3O2/c18-14(17-6-1-8-20-17)15-5-9-19-13(15)4-7-16(11-15)10-12-2-3-12;3-2(4,5)1(6)7/h12-13H,1-11H2;(H,6,7)/t13-,15-;/m1./s1. The Morgan fingerprint density at radius 1 is 1.15 bits per heavy atom. The van der Waals surface area contributed by atoms with E-state index in [1.807, 2.05) is 0 Å². The van der Waals surface area contributed by atoms with Crippen molar-refractivity contribution in [2.24, 2.45) is 11.3 Å². The zero-order valence-corrected chi connectivity index (χ0v) is 15.0. The van der Waals surface area contributed by atoms with Gasteiger partial charge < -0.3 is 14.7 Å². The van der Waals surface area contributed by atoms with Crippen molar-refractivity contribution in [3.63, 3.8) is 0 Å². The van der Waals surface area contributed by atoms with Crippen molar-refractivity contribution in [1.29, 1.82) is 0 Å². The topological polar surface area (TPSA) is 79.3 Å². The van der Waals surface area contributed by atoms with Crippen LogP contribution in [0.15, 0.2) is 0 Å². The first-order valence-electron chi connectivity index (χ1n) is 9.31. The Bertz CT molecular complexity index is 563. The molecule has 3 aliphatic heterocycles. The number of halogens is 3. The average Bonchev–Trinajstić information content (AvgIpc) is 3.11. The van der Waals surface area contributed by atoms with E-state index in [1.54, 1.807) is 5.06 Å². The summed E-state index contributed by atoms with van der Waals surface area (Å²) in [6, 6.07) is 0. The molecule has 0 unspecified atom stereocenters. The smallest absolute Gasteiger partial charge is 0.475 e. The van der Waals surface area contributed by atoms with E-state index >= 15 is 0 Å². The monoisotopic (exact) mass is 394 g/mol. The molecule has 10 heteroatoms. The summed E-state index contributed by atoms with van der Waals surface area (Å²) in [5.41, 5.74) is -0.336. The third-order valence-electron chi connectivity index (χ3n) is 5.56. The maximum absolute atomic E-state index is 12.9. The molecular weight excluding hydrogens is 369 g/mol. The van der Waals surface area contributed by atoms with Gasteiger partial charge >= 0.3 is 12.1 Å². The number of rotatable bonds is 3. The number of fused-ring (bicyclic) bond motifs is 1. The Morgan fingerprint density at radius 3 is 2.41 bits per heavy atom. The second-order valence-corrected chi connectivity index (χ2v) is 7.63. The van der Waals surface area contributed by atoms with Crippen LogP contribution in [-0.2, 0) is 19.2 Å². The predicted molar refractivity (Wildman–Crippen MR) is 86.5 cm³/mol. The fourth-order valence-corrected chi connectivity index (χ4v) is 4.01. The number of carboxylic acid groups (broad SMARTS) is 1. The molecule has 3 saturated heterocycles. The molecule has 0 aromatic rings. The lowest BCUT2D eigenvalue weighted by Crippen LogP contribution is -2.57. The molecule has 0 aromatic carbocycles. The molecule has 0 aromatic heterocycles. The largest absolute Gasteiger partial charge is 0.490 e. The second kappa shape index (κ2) is 7.92. The van der Waals surface area contributed by atoms with Gasteiger partial charge in [0.25, 0.3) is 5.91 Å². The Labute approximate surface area is 155 Å². The summed E-state index contributed by atoms with van der Waals surface area (Å²) in [5, 5.41) is 8.74. The van der Waals surface area contributed by atoms with Gasteiger partial charge in [0.1, 0.15) is 0 Å². The van der Waals surface area contributed by atoms with Crippen LogP contribution in [0.5, 0.6) is 0 Å². The molecule has 1 N–H and O–H groups in total. The quantitative estimate of drug-likeness (QED) is 0.785. The number of hydrogen-bond acceptors (Lipinski definition) is 5. The van der Waals surface area contributed by atoms with E-state index in [0.29, 0.717) is 6.61 Å². The summed E-state index contributed by atoms with van der Waals surface area (Å²) in [7, 11) is 0. The third kappa shape index (κ3) is 4.72. The van der Waals surface area contributed by atoms with Crippen LogP contribution >= 0.6 is 0 Å². The van der Waals surface area contributed by atoms with Crippen molar-refractivity contribution in [2.75, 3.05) is 39.4 Å². The number of piperidine rings is 1. The highest BCUT2D eigenvalue weighted by Crippen LogP contribution is 2.44. The first kappa shape index (κ1) is 20.3. The maximum Gasteiger partial charge on any atom is 0.490 e. The Balaban J connectivity index is 0.000000260. The van der Waals surface area contributed by atoms with Crippen LogP contribution in [-0.4, -0.2) is 78.6 Å². The van der Waals surface area contributed by atoms with Gasteiger partial charge in [0.05, 0.1) is 24.7 Å². The summed E-state index contributed by atoms with van der Waals surface area (Å²) in [6.07, 6.45) is 0.567. The van der Waals surface area contributed by atoms with Gasteiger partial charge in [-0.25, -0.2) is 9.86 Å². The van der Waals surface area contributed by atoms with E-state index in [9.17, 15) is 18.0 Å². The number of carbonyl (C=O) groups is 2. The summed E-state index contributed by atoms with van der Waals surface area (Å²) >= 11 is 0. The van der Waals surface area contributed by atoms with Crippen molar-refractivity contribution >= 4 is 11.9 Å². The van der Waals surface area contributed by atoms with Crippen molar-refractivity contribution < 1.29 is 37.4 Å². The van der Waals surface area contributed by atoms with E-state index in [-0.39, 0.29) is 17.4 Å². The van der Waals surface area contributed by atoms with Crippen LogP contribution in [0.1, 0.15) is 32.1 Å². The van der Waals surface area contributed by atoms with Gasteiger partial charge in [0, 0.05) is 26.2 Å². The minimum absolute atomic E-state index is 0.106. The molecule has 4 fully saturated rings. The number of carbonyl (C=O) groups excluding carboxylic acids is 1. The zero-order valence-electron chi connectivity index (χ0n) is 15.0. The van der Waals surface area contributed by atoms with Gasteiger partial charge in [0.2, 0.25) is 0 Å². The molecule has 154 valence electrons. The van der Waals surface area contributed by atoms with Crippen molar-refractivity contribution in [3.8, 4) is 0 Å². The fraction of sp³-hybridized carbons (Fsp3) is 0.882. The lowest BCUT2D eigenvalue weighted by Gasteiger charge is -2.43. The summed E-state index contributed by atoms with van der Waals surface area (Å²) in [6.45, 7) is 5.27. The number of hydroxylamine groups is 2. The number of ether oxygens (including phenoxy) is 1. The maximum atomic E-state index is 12.9. The molecule has 0 radical (unpaired) electrons. The highest BCUT2D eigenvalue weighted by Gasteiger charge is 2.55. The zero-order chi connectivity index (χ0) is 19.7. The molecule has 4 aliphatic rings. The van der Waals surface area contributed by atoms with E-state index in [4.69, 9.17) is 19.5 Å². The molecule has 2 atom stereocenters. The minimum atomic E-state index is -5.08. The van der Waals surface area contributed by atoms with Crippen LogP contribution in [0, 0.1) is 11.3 Å². The first-order chi connectivity index (χ1) is 12.7. The summed E-state index contributed by atoms with van der Waals surface area (Å²) in [4.78, 5) is 29.8. The van der Waals surface area contributed by atoms with Crippen molar-refractivity contribution in [3.05, 3.63) is 0 Å². The van der Waals surface area contributed by atoms with Crippen LogP contribution in [0.4, 0.5) is 13.2 Å². The molecule has 1 amide bonds. The van der Waals surface area contributed by atoms with Gasteiger partial charge in [-0.05, 0) is 38.0 Å². The Hall–Kier alpha value is -1.39. The summed E-state index contributed by atoms with van der Waals surface area (Å²) < 4.78 is 37.6. The number of likely N-dealkylation sites (tertiary alicyclic amines) is 1. The van der Waals surface area contributed by atoms with Crippen LogP contribution in [0.3, 0.4) is 0 Å². The van der Waals surface area contributed by atoms with Crippen LogP contribution in [0.2, 0.25) is 0 Å². The average molecular weight is 394 g/mol. The summed E-state index contributed by atoms with van der Waals surface area (Å²) in [5.74, 6) is -1.70. The van der Waals surface area contributed by atoms with E-state index in [2.05, 4.69) is 4.90 Å². The number of alkyl halides is 3. The fourth-order valence-electron chi connectivity index (χ4n) is 4.01. The molecule has 1 aliphatic carbocycles. The van der Waals surface area contributed by atoms with Gasteiger partial charge in [-0.15, -0.1) is 0 Å². The van der Waals surface area contributed by atoms with Crippen LogP contribution in [0.25, 0.3) is 0 Å². The molecule has 4 rings (SSSR count). The normalized spacial score (nSPS) is 31.2. The molecular formula is C17H25F3N2O5. The minimum Gasteiger partial charge on any atom is -0.475 e. The predicted octanol–water partition coefficient (Wildman–Crippen LogP) is 1.67. The van der Waals surface area contributed by atoms with Crippen molar-refractivity contribution in [2.45, 2.75) is 44.4 Å². The number of hydrogen-bond donors (Lipinski definition) is 1. The van der Waals surface area contributed by atoms with Gasteiger partial charge in [0.15, 0.2) is 0 Å². The highest BCUT2D eigenvalue weighted by molar-refractivity contribution is 5.83. The number of amides is 1. The number of nitrogens with zero attached hydrogens (tertiary/aromatic N) is 2. The Morgan fingerprint density at radius 2 is 1.85 bits per heavy atom. The highest BCUT2D eigenvalue weighted by atomic mass is 19.4. The third-order valence-corrected chi connectivity index (χ3v) is 5.56. The van der Waals surface area contributed by atoms with Gasteiger partial charge in [-0.2, -0.15) is 13.2 Å².